The van der Waals surface area contributed by atoms with Crippen LogP contribution in [0.5, 0.6) is 5.75 Å². The van der Waals surface area contributed by atoms with Gasteiger partial charge in [-0.25, -0.2) is 4.68 Å². The average molecular weight is 426 g/mol. The smallest absolute Gasteiger partial charge is 0.233 e. The zero-order chi connectivity index (χ0) is 22.5. The van der Waals surface area contributed by atoms with E-state index < -0.39 is 0 Å². The Morgan fingerprint density at radius 1 is 1.00 bits per heavy atom. The molecule has 162 valence electrons. The molecule has 0 aliphatic carbocycles. The molecule has 0 saturated carbocycles. The van der Waals surface area contributed by atoms with Crippen molar-refractivity contribution in [2.45, 2.75) is 26.2 Å². The molecule has 5 heteroatoms. The summed E-state index contributed by atoms with van der Waals surface area (Å²) in [6.07, 6.45) is 0.708. The van der Waals surface area contributed by atoms with E-state index in [0.29, 0.717) is 12.2 Å². The van der Waals surface area contributed by atoms with Crippen molar-refractivity contribution in [3.05, 3.63) is 96.1 Å². The second kappa shape index (κ2) is 9.52. The molecular formula is C27H27N3O2. The van der Waals surface area contributed by atoms with Gasteiger partial charge in [-0.1, -0.05) is 55.0 Å². The Labute approximate surface area is 188 Å². The van der Waals surface area contributed by atoms with Gasteiger partial charge in [0.1, 0.15) is 11.6 Å². The highest BCUT2D eigenvalue weighted by molar-refractivity contribution is 5.95. The fraction of sp³-hybridized carbons (Fsp3) is 0.185. The number of rotatable bonds is 7. The van der Waals surface area contributed by atoms with Gasteiger partial charge in [0.2, 0.25) is 5.91 Å². The Morgan fingerprint density at radius 3 is 2.31 bits per heavy atom. The lowest BCUT2D eigenvalue weighted by molar-refractivity contribution is -0.117. The van der Waals surface area contributed by atoms with Crippen LogP contribution >= 0.6 is 0 Å². The second-order valence-electron chi connectivity index (χ2n) is 7.75. The van der Waals surface area contributed by atoms with E-state index in [1.807, 2.05) is 98.8 Å². The van der Waals surface area contributed by atoms with Gasteiger partial charge in [-0.05, 0) is 55.3 Å². The van der Waals surface area contributed by atoms with Crippen LogP contribution in [0.1, 0.15) is 30.4 Å². The summed E-state index contributed by atoms with van der Waals surface area (Å²) in [4.78, 5) is 13.2. The van der Waals surface area contributed by atoms with Gasteiger partial charge in [0.05, 0.1) is 24.4 Å². The van der Waals surface area contributed by atoms with E-state index in [1.54, 1.807) is 11.8 Å². The molecule has 1 amide bonds. The van der Waals surface area contributed by atoms with Gasteiger partial charge in [-0.3, -0.25) is 4.79 Å². The summed E-state index contributed by atoms with van der Waals surface area (Å²) in [7, 11) is 1.64. The number of aryl methyl sites for hydroxylation is 1. The molecule has 0 aliphatic rings. The summed E-state index contributed by atoms with van der Waals surface area (Å²) in [5.41, 5.74) is 4.78. The van der Waals surface area contributed by atoms with Gasteiger partial charge in [0.25, 0.3) is 0 Å². The third-order valence-electron chi connectivity index (χ3n) is 5.55. The largest absolute Gasteiger partial charge is 0.497 e. The number of benzene rings is 3. The van der Waals surface area contributed by atoms with Crippen molar-refractivity contribution in [1.82, 2.24) is 9.78 Å². The highest BCUT2D eigenvalue weighted by Crippen LogP contribution is 2.28. The molecular weight excluding hydrogens is 398 g/mol. The van der Waals surface area contributed by atoms with Crippen molar-refractivity contribution in [3.8, 4) is 22.7 Å². The maximum atomic E-state index is 13.2. The van der Waals surface area contributed by atoms with E-state index in [9.17, 15) is 4.79 Å². The first kappa shape index (κ1) is 21.4. The molecule has 0 aliphatic heterocycles. The minimum Gasteiger partial charge on any atom is -0.497 e. The SMILES string of the molecule is CC[C@H](C(=O)Nc1cc(-c2ccc(OC)cc2)nn1-c1ccc(C)cc1)c1ccccc1. The summed E-state index contributed by atoms with van der Waals surface area (Å²) in [6.45, 7) is 4.07. The van der Waals surface area contributed by atoms with Gasteiger partial charge in [-0.15, -0.1) is 0 Å². The van der Waals surface area contributed by atoms with Crippen LogP contribution in [-0.2, 0) is 4.79 Å². The molecule has 1 atom stereocenters. The zero-order valence-corrected chi connectivity index (χ0v) is 18.6. The Balaban J connectivity index is 1.71. The minimum atomic E-state index is -0.234. The van der Waals surface area contributed by atoms with E-state index in [4.69, 9.17) is 9.84 Å². The summed E-state index contributed by atoms with van der Waals surface area (Å²) in [5.74, 6) is 1.14. The predicted molar refractivity (Wildman–Crippen MR) is 128 cm³/mol. The van der Waals surface area contributed by atoms with Gasteiger partial charge >= 0.3 is 0 Å². The van der Waals surface area contributed by atoms with Gasteiger partial charge < -0.3 is 10.1 Å². The van der Waals surface area contributed by atoms with Crippen molar-refractivity contribution < 1.29 is 9.53 Å². The number of anilines is 1. The topological polar surface area (TPSA) is 56.1 Å². The number of methoxy groups -OCH3 is 1. The molecule has 1 N–H and O–H groups in total. The molecule has 0 spiro atoms. The molecule has 4 rings (SSSR count). The highest BCUT2D eigenvalue weighted by Gasteiger charge is 2.21. The lowest BCUT2D eigenvalue weighted by atomic mass is 9.96. The molecule has 1 aromatic heterocycles. The molecule has 4 aromatic rings. The number of hydrogen-bond acceptors (Lipinski definition) is 3. The van der Waals surface area contributed by atoms with E-state index in [-0.39, 0.29) is 11.8 Å². The lowest BCUT2D eigenvalue weighted by Crippen LogP contribution is -2.22. The van der Waals surface area contributed by atoms with Crippen molar-refractivity contribution in [1.29, 1.82) is 0 Å². The third kappa shape index (κ3) is 4.57. The fourth-order valence-corrected chi connectivity index (χ4v) is 3.73. The number of amides is 1. The number of nitrogens with zero attached hydrogens (tertiary/aromatic N) is 2. The van der Waals surface area contributed by atoms with Crippen LogP contribution in [-0.4, -0.2) is 22.8 Å². The third-order valence-corrected chi connectivity index (χ3v) is 5.55. The monoisotopic (exact) mass is 425 g/mol. The molecule has 3 aromatic carbocycles. The van der Waals surface area contributed by atoms with E-state index in [0.717, 1.165) is 33.8 Å². The number of carbonyl (C=O) groups is 1. The van der Waals surface area contributed by atoms with Crippen molar-refractivity contribution >= 4 is 11.7 Å². The first-order chi connectivity index (χ1) is 15.6. The number of hydrogen-bond donors (Lipinski definition) is 1. The quantitative estimate of drug-likeness (QED) is 0.396. The van der Waals surface area contributed by atoms with E-state index in [2.05, 4.69) is 5.32 Å². The zero-order valence-electron chi connectivity index (χ0n) is 18.6. The Morgan fingerprint density at radius 2 is 1.69 bits per heavy atom. The fourth-order valence-electron chi connectivity index (χ4n) is 3.73. The molecule has 0 saturated heterocycles. The van der Waals surface area contributed by atoms with Crippen LogP contribution in [0.4, 0.5) is 5.82 Å². The first-order valence-electron chi connectivity index (χ1n) is 10.8. The summed E-state index contributed by atoms with van der Waals surface area (Å²) in [5, 5.41) is 7.93. The normalized spacial score (nSPS) is 11.7. The molecule has 0 fully saturated rings. The standard InChI is InChI=1S/C27H27N3O2/c1-4-24(20-8-6-5-7-9-20)27(31)28-26-18-25(21-12-16-23(32-3)17-13-21)29-30(26)22-14-10-19(2)11-15-22/h5-18,24H,4H2,1-3H3,(H,28,31)/t24-/m0/s1. The molecule has 1 heterocycles. The molecule has 5 nitrogen and oxygen atoms in total. The van der Waals surface area contributed by atoms with Crippen LogP contribution in [0, 0.1) is 6.92 Å². The summed E-state index contributed by atoms with van der Waals surface area (Å²) < 4.78 is 7.05. The summed E-state index contributed by atoms with van der Waals surface area (Å²) in [6, 6.07) is 27.6. The van der Waals surface area contributed by atoms with E-state index in [1.165, 1.54) is 0 Å². The number of ether oxygens (including phenoxy) is 1. The van der Waals surface area contributed by atoms with Gasteiger partial charge in [0, 0.05) is 11.6 Å². The van der Waals surface area contributed by atoms with Gasteiger partial charge in [-0.2, -0.15) is 5.10 Å². The Hall–Kier alpha value is -3.86. The second-order valence-corrected chi connectivity index (χ2v) is 7.75. The maximum absolute atomic E-state index is 13.2. The van der Waals surface area contributed by atoms with Crippen LogP contribution in [0.2, 0.25) is 0 Å². The van der Waals surface area contributed by atoms with E-state index >= 15 is 0 Å². The Kier molecular flexibility index (Phi) is 6.36. The van der Waals surface area contributed by atoms with Crippen LogP contribution < -0.4 is 10.1 Å². The van der Waals surface area contributed by atoms with Gasteiger partial charge in [0.15, 0.2) is 0 Å². The number of carbonyl (C=O) groups excluding carboxylic acids is 1. The van der Waals surface area contributed by atoms with Crippen LogP contribution in [0.3, 0.4) is 0 Å². The number of aromatic nitrogens is 2. The average Bonchev–Trinajstić information content (AvgIpc) is 3.24. The molecule has 0 radical (unpaired) electrons. The minimum absolute atomic E-state index is 0.0479. The first-order valence-corrected chi connectivity index (χ1v) is 10.8. The van der Waals surface area contributed by atoms with Crippen molar-refractivity contribution in [2.24, 2.45) is 0 Å². The van der Waals surface area contributed by atoms with Crippen molar-refractivity contribution in [2.75, 3.05) is 12.4 Å². The summed E-state index contributed by atoms with van der Waals surface area (Å²) >= 11 is 0. The van der Waals surface area contributed by atoms with Crippen molar-refractivity contribution in [3.63, 3.8) is 0 Å². The lowest BCUT2D eigenvalue weighted by Gasteiger charge is -2.16. The predicted octanol–water partition coefficient (Wildman–Crippen LogP) is 5.99. The molecule has 32 heavy (non-hydrogen) atoms. The number of nitrogens with one attached hydrogen (secondary N) is 1. The molecule has 0 unspecified atom stereocenters. The van der Waals surface area contributed by atoms with Crippen LogP contribution in [0.15, 0.2) is 84.9 Å². The Bertz CT molecular complexity index is 1180. The molecule has 0 bridgehead atoms. The van der Waals surface area contributed by atoms with Crippen LogP contribution in [0.25, 0.3) is 16.9 Å². The highest BCUT2D eigenvalue weighted by atomic mass is 16.5. The maximum Gasteiger partial charge on any atom is 0.233 e.